The molecule has 1 aliphatic rings. The highest BCUT2D eigenvalue weighted by Gasteiger charge is 2.39. The largest absolute Gasteiger partial charge is 0.456 e. The second kappa shape index (κ2) is 9.35. The molecular formula is C41H41NO. The summed E-state index contributed by atoms with van der Waals surface area (Å²) in [5.74, 6) is 0. The number of nitrogens with zero attached hydrogens (tertiary/aromatic N) is 1. The third kappa shape index (κ3) is 4.22. The highest BCUT2D eigenvalue weighted by atomic mass is 16.3. The predicted molar refractivity (Wildman–Crippen MR) is 183 cm³/mol. The van der Waals surface area contributed by atoms with Gasteiger partial charge in [0.15, 0.2) is 0 Å². The van der Waals surface area contributed by atoms with Gasteiger partial charge in [0.05, 0.1) is 16.8 Å². The van der Waals surface area contributed by atoms with E-state index in [1.807, 2.05) is 0 Å². The van der Waals surface area contributed by atoms with Crippen LogP contribution in [-0.4, -0.2) is 0 Å². The number of para-hydroxylation sites is 1. The Kier molecular flexibility index (Phi) is 5.98. The molecule has 0 saturated carbocycles. The van der Waals surface area contributed by atoms with Gasteiger partial charge in [0, 0.05) is 22.1 Å². The Morgan fingerprint density at radius 2 is 1.28 bits per heavy atom. The zero-order valence-electron chi connectivity index (χ0n) is 26.7. The van der Waals surface area contributed by atoms with Crippen LogP contribution in [-0.2, 0) is 16.2 Å². The standard InChI is InChI=1S/C41H41NO/c1-39(2,3)26-24-30-36-33(21-15-23-35(36)43-38(30)32(25-26)40(4,5)6)42(27-16-10-9-11-17-27)34-22-14-19-29-28-18-12-13-20-31(28)41(7,8)37(29)34/h9-25H,1-8H3. The molecule has 0 radical (unpaired) electrons. The summed E-state index contributed by atoms with van der Waals surface area (Å²) in [6.45, 7) is 18.5. The van der Waals surface area contributed by atoms with Crippen molar-refractivity contribution in [3.63, 3.8) is 0 Å². The van der Waals surface area contributed by atoms with Crippen molar-refractivity contribution in [1.82, 2.24) is 0 Å². The number of rotatable bonds is 3. The van der Waals surface area contributed by atoms with E-state index >= 15 is 0 Å². The molecule has 5 aromatic carbocycles. The maximum Gasteiger partial charge on any atom is 0.139 e. The van der Waals surface area contributed by atoms with Crippen LogP contribution >= 0.6 is 0 Å². The van der Waals surface area contributed by atoms with Gasteiger partial charge >= 0.3 is 0 Å². The van der Waals surface area contributed by atoms with Crippen LogP contribution < -0.4 is 4.90 Å². The lowest BCUT2D eigenvalue weighted by Crippen LogP contribution is -2.20. The van der Waals surface area contributed by atoms with Crippen LogP contribution in [0.15, 0.2) is 108 Å². The first kappa shape index (κ1) is 27.5. The van der Waals surface area contributed by atoms with Crippen molar-refractivity contribution in [2.24, 2.45) is 0 Å². The van der Waals surface area contributed by atoms with Crippen LogP contribution in [0.5, 0.6) is 0 Å². The molecule has 0 unspecified atom stereocenters. The SMILES string of the molecule is CC(C)(C)c1cc(C(C)(C)C)c2oc3cccc(N(c4ccccc4)c4cccc5c4C(C)(C)c4ccccc4-5)c3c2c1. The molecule has 1 aliphatic carbocycles. The van der Waals surface area contributed by atoms with E-state index < -0.39 is 0 Å². The lowest BCUT2D eigenvalue weighted by atomic mass is 9.79. The smallest absolute Gasteiger partial charge is 0.139 e. The molecule has 7 rings (SSSR count). The Morgan fingerprint density at radius 3 is 2.00 bits per heavy atom. The first-order chi connectivity index (χ1) is 20.4. The van der Waals surface area contributed by atoms with E-state index in [0.29, 0.717) is 0 Å². The Labute approximate surface area is 256 Å². The molecule has 6 aromatic rings. The number of fused-ring (bicyclic) bond motifs is 6. The fraction of sp³-hybridized carbons (Fsp3) is 0.268. The highest BCUT2D eigenvalue weighted by Crippen LogP contribution is 2.55. The summed E-state index contributed by atoms with van der Waals surface area (Å²) < 4.78 is 6.80. The molecule has 2 heteroatoms. The maximum absolute atomic E-state index is 6.80. The highest BCUT2D eigenvalue weighted by molar-refractivity contribution is 6.14. The van der Waals surface area contributed by atoms with Gasteiger partial charge in [-0.1, -0.05) is 122 Å². The van der Waals surface area contributed by atoms with Crippen molar-refractivity contribution in [2.75, 3.05) is 4.90 Å². The molecule has 2 nitrogen and oxygen atoms in total. The van der Waals surface area contributed by atoms with E-state index in [4.69, 9.17) is 4.42 Å². The summed E-state index contributed by atoms with van der Waals surface area (Å²) in [7, 11) is 0. The normalized spacial score (nSPS) is 14.2. The van der Waals surface area contributed by atoms with Gasteiger partial charge in [-0.3, -0.25) is 0 Å². The zero-order chi connectivity index (χ0) is 30.3. The molecular weight excluding hydrogens is 522 g/mol. The van der Waals surface area contributed by atoms with Crippen LogP contribution in [0.3, 0.4) is 0 Å². The van der Waals surface area contributed by atoms with E-state index in [-0.39, 0.29) is 16.2 Å². The molecule has 0 N–H and O–H groups in total. The molecule has 216 valence electrons. The first-order valence-corrected chi connectivity index (χ1v) is 15.5. The average Bonchev–Trinajstić information content (AvgIpc) is 3.46. The van der Waals surface area contributed by atoms with Gasteiger partial charge in [-0.25, -0.2) is 0 Å². The number of hydrogen-bond acceptors (Lipinski definition) is 2. The third-order valence-electron chi connectivity index (χ3n) is 9.30. The van der Waals surface area contributed by atoms with Crippen LogP contribution in [0, 0.1) is 0 Å². The van der Waals surface area contributed by atoms with Gasteiger partial charge in [-0.05, 0) is 75.0 Å². The second-order valence-electron chi connectivity index (χ2n) is 14.7. The Hall–Kier alpha value is -4.30. The summed E-state index contributed by atoms with van der Waals surface area (Å²) >= 11 is 0. The Bertz CT molecular complexity index is 2010. The Morgan fingerprint density at radius 1 is 0.628 bits per heavy atom. The van der Waals surface area contributed by atoms with Crippen LogP contribution in [0.1, 0.15) is 77.6 Å². The minimum Gasteiger partial charge on any atom is -0.456 e. The lowest BCUT2D eigenvalue weighted by Gasteiger charge is -2.32. The van der Waals surface area contributed by atoms with Crippen molar-refractivity contribution >= 4 is 39.0 Å². The number of benzene rings is 5. The molecule has 0 atom stereocenters. The van der Waals surface area contributed by atoms with Crippen molar-refractivity contribution in [3.8, 4) is 11.1 Å². The van der Waals surface area contributed by atoms with Gasteiger partial charge in [-0.15, -0.1) is 0 Å². The fourth-order valence-electron chi connectivity index (χ4n) is 7.08. The monoisotopic (exact) mass is 563 g/mol. The minimum absolute atomic E-state index is 0.00188. The number of furan rings is 1. The molecule has 0 saturated heterocycles. The van der Waals surface area contributed by atoms with Crippen molar-refractivity contribution in [2.45, 2.75) is 71.6 Å². The molecule has 0 spiro atoms. The zero-order valence-corrected chi connectivity index (χ0v) is 26.7. The van der Waals surface area contributed by atoms with E-state index in [1.54, 1.807) is 0 Å². The van der Waals surface area contributed by atoms with Gasteiger partial charge in [0.2, 0.25) is 0 Å². The van der Waals surface area contributed by atoms with E-state index in [0.717, 1.165) is 27.9 Å². The van der Waals surface area contributed by atoms with Gasteiger partial charge in [-0.2, -0.15) is 0 Å². The van der Waals surface area contributed by atoms with Gasteiger partial charge in [0.1, 0.15) is 11.2 Å². The van der Waals surface area contributed by atoms with Crippen molar-refractivity contribution < 1.29 is 4.42 Å². The van der Waals surface area contributed by atoms with Gasteiger partial charge < -0.3 is 9.32 Å². The van der Waals surface area contributed by atoms with E-state index in [9.17, 15) is 0 Å². The first-order valence-electron chi connectivity index (χ1n) is 15.5. The van der Waals surface area contributed by atoms with Crippen molar-refractivity contribution in [1.29, 1.82) is 0 Å². The van der Waals surface area contributed by atoms with E-state index in [2.05, 4.69) is 163 Å². The molecule has 0 aliphatic heterocycles. The minimum atomic E-state index is -0.152. The maximum atomic E-state index is 6.80. The number of hydrogen-bond donors (Lipinski definition) is 0. The topological polar surface area (TPSA) is 16.4 Å². The predicted octanol–water partition coefficient (Wildman–Crippen LogP) is 12.0. The summed E-state index contributed by atoms with van der Waals surface area (Å²) in [6.07, 6.45) is 0. The average molecular weight is 564 g/mol. The van der Waals surface area contributed by atoms with Crippen LogP contribution in [0.4, 0.5) is 17.1 Å². The van der Waals surface area contributed by atoms with Gasteiger partial charge in [0.25, 0.3) is 0 Å². The molecule has 0 amide bonds. The summed E-state index contributed by atoms with van der Waals surface area (Å²) in [5, 5.41) is 2.34. The summed E-state index contributed by atoms with van der Waals surface area (Å²) in [6, 6.07) is 37.7. The quantitative estimate of drug-likeness (QED) is 0.213. The molecule has 43 heavy (non-hydrogen) atoms. The third-order valence-corrected chi connectivity index (χ3v) is 9.30. The molecule has 0 bridgehead atoms. The van der Waals surface area contributed by atoms with Crippen LogP contribution in [0.2, 0.25) is 0 Å². The molecule has 1 aromatic heterocycles. The molecule has 0 fully saturated rings. The second-order valence-corrected chi connectivity index (χ2v) is 14.7. The molecule has 1 heterocycles. The fourth-order valence-corrected chi connectivity index (χ4v) is 7.08. The summed E-state index contributed by atoms with van der Waals surface area (Å²) in [5.41, 5.74) is 13.1. The lowest BCUT2D eigenvalue weighted by molar-refractivity contribution is 0.559. The summed E-state index contributed by atoms with van der Waals surface area (Å²) in [4.78, 5) is 2.46. The Balaban J connectivity index is 1.59. The van der Waals surface area contributed by atoms with Crippen LogP contribution in [0.25, 0.3) is 33.1 Å². The van der Waals surface area contributed by atoms with E-state index in [1.165, 1.54) is 44.5 Å². The number of anilines is 3. The van der Waals surface area contributed by atoms with Crippen molar-refractivity contribution in [3.05, 3.63) is 125 Å².